The lowest BCUT2D eigenvalue weighted by Gasteiger charge is -2.32. The van der Waals surface area contributed by atoms with E-state index in [1.165, 1.54) is 30.2 Å². The van der Waals surface area contributed by atoms with E-state index in [9.17, 15) is 18.0 Å². The Morgan fingerprint density at radius 1 is 1.05 bits per heavy atom. The van der Waals surface area contributed by atoms with E-state index in [4.69, 9.17) is 39.5 Å². The fourth-order valence-corrected chi connectivity index (χ4v) is 5.65. The number of anilines is 1. The molecule has 8 nitrogen and oxygen atoms in total. The van der Waals surface area contributed by atoms with Crippen molar-refractivity contribution in [2.75, 3.05) is 24.2 Å². The van der Waals surface area contributed by atoms with E-state index in [0.717, 1.165) is 36.2 Å². The number of carbonyl (C=O) groups is 2. The molecule has 0 aromatic heterocycles. The van der Waals surface area contributed by atoms with E-state index >= 15 is 0 Å². The lowest BCUT2D eigenvalue weighted by atomic mass is 10.1. The van der Waals surface area contributed by atoms with Gasteiger partial charge in [0.25, 0.3) is 0 Å². The number of rotatable bonds is 10. The second kappa shape index (κ2) is 12.6. The van der Waals surface area contributed by atoms with E-state index in [2.05, 4.69) is 5.32 Å². The Kier molecular flexibility index (Phi) is 9.97. The number of methoxy groups -OCH3 is 1. The number of nitrogens with one attached hydrogen (secondary N) is 1. The van der Waals surface area contributed by atoms with Crippen molar-refractivity contribution >= 4 is 62.3 Å². The summed E-state index contributed by atoms with van der Waals surface area (Å²) in [5.41, 5.74) is 0.834. The molecular formula is C25H30Cl3N3O5S. The molecule has 0 radical (unpaired) electrons. The van der Waals surface area contributed by atoms with Crippen molar-refractivity contribution in [3.63, 3.8) is 0 Å². The molecule has 1 aliphatic carbocycles. The van der Waals surface area contributed by atoms with Crippen LogP contribution >= 0.6 is 34.8 Å². The van der Waals surface area contributed by atoms with E-state index in [1.54, 1.807) is 25.1 Å². The highest BCUT2D eigenvalue weighted by Crippen LogP contribution is 2.30. The van der Waals surface area contributed by atoms with E-state index in [-0.39, 0.29) is 29.2 Å². The molecule has 2 aromatic rings. The SMILES string of the molecule is COc1ccc(N(CC(=O)N(Cc2ccc(Cl)c(Cl)c2)[C@@H](C)C(=O)NC2CCCC2)S(C)(=O)=O)cc1Cl. The third-order valence-corrected chi connectivity index (χ3v) is 8.48. The molecule has 1 N–H and O–H groups in total. The van der Waals surface area contributed by atoms with Crippen molar-refractivity contribution in [1.82, 2.24) is 10.2 Å². The summed E-state index contributed by atoms with van der Waals surface area (Å²) in [4.78, 5) is 28.1. The Bertz CT molecular complexity index is 1250. The van der Waals surface area contributed by atoms with Crippen LogP contribution < -0.4 is 14.4 Å². The summed E-state index contributed by atoms with van der Waals surface area (Å²) in [6.07, 6.45) is 4.86. The first kappa shape index (κ1) is 29.4. The highest BCUT2D eigenvalue weighted by atomic mass is 35.5. The third kappa shape index (κ3) is 7.66. The predicted octanol–water partition coefficient (Wildman–Crippen LogP) is 4.90. The number of hydrogen-bond acceptors (Lipinski definition) is 5. The summed E-state index contributed by atoms with van der Waals surface area (Å²) in [5.74, 6) is -0.514. The summed E-state index contributed by atoms with van der Waals surface area (Å²) >= 11 is 18.4. The molecule has 1 atom stereocenters. The van der Waals surface area contributed by atoms with Crippen LogP contribution in [0.4, 0.5) is 5.69 Å². The Hall–Kier alpha value is -2.20. The lowest BCUT2D eigenvalue weighted by Crippen LogP contribution is -2.52. The first-order valence-electron chi connectivity index (χ1n) is 11.8. The van der Waals surface area contributed by atoms with Crippen LogP contribution in [0.25, 0.3) is 0 Å². The van der Waals surface area contributed by atoms with Gasteiger partial charge in [0, 0.05) is 12.6 Å². The molecular weight excluding hydrogens is 561 g/mol. The minimum absolute atomic E-state index is 0.0238. The number of amides is 2. The number of sulfonamides is 1. The molecule has 0 spiro atoms. The summed E-state index contributed by atoms with van der Waals surface area (Å²) < 4.78 is 31.5. The van der Waals surface area contributed by atoms with Crippen LogP contribution in [0.5, 0.6) is 5.75 Å². The van der Waals surface area contributed by atoms with Gasteiger partial charge in [0.05, 0.1) is 34.1 Å². The van der Waals surface area contributed by atoms with Gasteiger partial charge in [0.15, 0.2) is 0 Å². The Balaban J connectivity index is 1.91. The zero-order chi connectivity index (χ0) is 27.3. The van der Waals surface area contributed by atoms with E-state index < -0.39 is 28.5 Å². The molecule has 12 heteroatoms. The van der Waals surface area contributed by atoms with E-state index in [0.29, 0.717) is 21.4 Å². The lowest BCUT2D eigenvalue weighted by molar-refractivity contribution is -0.139. The first-order chi connectivity index (χ1) is 17.4. The van der Waals surface area contributed by atoms with Gasteiger partial charge in [-0.3, -0.25) is 13.9 Å². The summed E-state index contributed by atoms with van der Waals surface area (Å²) in [6, 6.07) is 8.54. The van der Waals surface area contributed by atoms with Crippen LogP contribution in [0.15, 0.2) is 36.4 Å². The van der Waals surface area contributed by atoms with Crippen LogP contribution in [0.2, 0.25) is 15.1 Å². The van der Waals surface area contributed by atoms with Crippen LogP contribution in [-0.2, 0) is 26.2 Å². The van der Waals surface area contributed by atoms with Crippen molar-refractivity contribution in [1.29, 1.82) is 0 Å². The van der Waals surface area contributed by atoms with Gasteiger partial charge in [-0.1, -0.05) is 53.7 Å². The second-order valence-corrected chi connectivity index (χ2v) is 12.2. The molecule has 0 unspecified atom stereocenters. The standard InChI is InChI=1S/C25H30Cl3N3O5S/c1-16(25(33)29-18-6-4-5-7-18)30(14-17-8-10-20(26)21(27)12-17)24(32)15-31(37(3,34)35)19-9-11-23(36-2)22(28)13-19/h8-13,16,18H,4-7,14-15H2,1-3H3,(H,29,33)/t16-/m0/s1. The average Bonchev–Trinajstić information content (AvgIpc) is 3.34. The van der Waals surface area contributed by atoms with Gasteiger partial charge < -0.3 is 15.0 Å². The number of nitrogens with zero attached hydrogens (tertiary/aromatic N) is 2. The molecule has 0 bridgehead atoms. The quantitative estimate of drug-likeness (QED) is 0.425. The second-order valence-electron chi connectivity index (χ2n) is 9.02. The van der Waals surface area contributed by atoms with Gasteiger partial charge in [-0.2, -0.15) is 0 Å². The fraction of sp³-hybridized carbons (Fsp3) is 0.440. The number of hydrogen-bond donors (Lipinski definition) is 1. The third-order valence-electron chi connectivity index (χ3n) is 6.31. The van der Waals surface area contributed by atoms with Crippen LogP contribution in [-0.4, -0.2) is 57.1 Å². The molecule has 1 saturated carbocycles. The van der Waals surface area contributed by atoms with E-state index in [1.807, 2.05) is 0 Å². The summed E-state index contributed by atoms with van der Waals surface area (Å²) in [5, 5.41) is 3.87. The van der Waals surface area contributed by atoms with Crippen molar-refractivity contribution < 1.29 is 22.7 Å². The zero-order valence-corrected chi connectivity index (χ0v) is 23.9. The van der Waals surface area contributed by atoms with Gasteiger partial charge in [0.1, 0.15) is 18.3 Å². The molecule has 2 amide bonds. The Labute approximate surface area is 232 Å². The van der Waals surface area contributed by atoms with Gasteiger partial charge in [-0.15, -0.1) is 0 Å². The molecule has 0 aliphatic heterocycles. The molecule has 1 aliphatic rings. The normalized spacial score (nSPS) is 14.8. The van der Waals surface area contributed by atoms with Crippen molar-refractivity contribution in [3.8, 4) is 5.75 Å². The van der Waals surface area contributed by atoms with Gasteiger partial charge in [-0.05, 0) is 55.7 Å². The van der Waals surface area contributed by atoms with Gasteiger partial charge in [-0.25, -0.2) is 8.42 Å². The minimum atomic E-state index is -3.89. The van der Waals surface area contributed by atoms with Crippen molar-refractivity contribution in [2.45, 2.75) is 51.2 Å². The van der Waals surface area contributed by atoms with Crippen LogP contribution in [0.3, 0.4) is 0 Å². The molecule has 0 saturated heterocycles. The molecule has 0 heterocycles. The molecule has 37 heavy (non-hydrogen) atoms. The Morgan fingerprint density at radius 2 is 1.73 bits per heavy atom. The predicted molar refractivity (Wildman–Crippen MR) is 147 cm³/mol. The Morgan fingerprint density at radius 3 is 2.30 bits per heavy atom. The highest BCUT2D eigenvalue weighted by molar-refractivity contribution is 7.92. The van der Waals surface area contributed by atoms with Crippen molar-refractivity contribution in [3.05, 3.63) is 57.0 Å². The summed E-state index contributed by atoms with van der Waals surface area (Å²) in [7, 11) is -2.44. The smallest absolute Gasteiger partial charge is 0.244 e. The number of carbonyl (C=O) groups excluding carboxylic acids is 2. The van der Waals surface area contributed by atoms with Crippen LogP contribution in [0, 0.1) is 0 Å². The maximum absolute atomic E-state index is 13.6. The number of ether oxygens (including phenoxy) is 1. The van der Waals surface area contributed by atoms with Gasteiger partial charge in [0.2, 0.25) is 21.8 Å². The number of benzene rings is 2. The topological polar surface area (TPSA) is 96.0 Å². The maximum atomic E-state index is 13.6. The first-order valence-corrected chi connectivity index (χ1v) is 14.7. The fourth-order valence-electron chi connectivity index (χ4n) is 4.23. The maximum Gasteiger partial charge on any atom is 0.244 e. The monoisotopic (exact) mass is 589 g/mol. The average molecular weight is 591 g/mol. The van der Waals surface area contributed by atoms with Crippen molar-refractivity contribution in [2.24, 2.45) is 0 Å². The molecule has 3 rings (SSSR count). The van der Waals surface area contributed by atoms with Crippen LogP contribution in [0.1, 0.15) is 38.2 Å². The zero-order valence-electron chi connectivity index (χ0n) is 20.8. The molecule has 202 valence electrons. The highest BCUT2D eigenvalue weighted by Gasteiger charge is 2.31. The molecule has 1 fully saturated rings. The number of halogens is 3. The molecule has 2 aromatic carbocycles. The van der Waals surface area contributed by atoms with Gasteiger partial charge >= 0.3 is 0 Å². The summed E-state index contributed by atoms with van der Waals surface area (Å²) in [6.45, 7) is 1.11. The largest absolute Gasteiger partial charge is 0.495 e. The minimum Gasteiger partial charge on any atom is -0.495 e.